The van der Waals surface area contributed by atoms with E-state index in [0.29, 0.717) is 39.7 Å². The number of nitrogen functional groups attached to an aromatic ring is 1. The Balaban J connectivity index is 1.57. The lowest BCUT2D eigenvalue weighted by Gasteiger charge is -2.13. The minimum absolute atomic E-state index is 0.186. The summed E-state index contributed by atoms with van der Waals surface area (Å²) < 4.78 is 53.0. The molecule has 0 bridgehead atoms. The highest BCUT2D eigenvalue weighted by molar-refractivity contribution is 7.18. The van der Waals surface area contributed by atoms with Gasteiger partial charge < -0.3 is 16.4 Å². The van der Waals surface area contributed by atoms with Crippen LogP contribution in [0, 0.1) is 12.7 Å². The van der Waals surface area contributed by atoms with Crippen LogP contribution in [0.1, 0.15) is 31.8 Å². The normalized spacial score (nSPS) is 11.4. The number of nitrogens with one attached hydrogen (secondary N) is 2. The summed E-state index contributed by atoms with van der Waals surface area (Å²) in [6.07, 6.45) is -3.56. The molecule has 2 amide bonds. The molecule has 2 heterocycles. The van der Waals surface area contributed by atoms with Crippen LogP contribution in [-0.4, -0.2) is 21.8 Å². The first-order valence-corrected chi connectivity index (χ1v) is 10.5. The van der Waals surface area contributed by atoms with E-state index in [1.54, 1.807) is 18.4 Å². The number of benzene rings is 2. The summed E-state index contributed by atoms with van der Waals surface area (Å²) in [6, 6.07) is 6.11. The van der Waals surface area contributed by atoms with Crippen LogP contribution in [0.4, 0.5) is 34.8 Å². The summed E-state index contributed by atoms with van der Waals surface area (Å²) in [4.78, 5) is 33.3. The second kappa shape index (κ2) is 8.71. The molecule has 4 rings (SSSR count). The van der Waals surface area contributed by atoms with E-state index in [9.17, 15) is 27.2 Å². The third-order valence-corrected chi connectivity index (χ3v) is 5.85. The maximum atomic E-state index is 13.6. The topological polar surface area (TPSA) is 110 Å². The molecule has 4 N–H and O–H groups in total. The zero-order valence-electron chi connectivity index (χ0n) is 17.3. The average Bonchev–Trinajstić information content (AvgIpc) is 3.20. The first kappa shape index (κ1) is 23.1. The van der Waals surface area contributed by atoms with Gasteiger partial charge in [-0.3, -0.25) is 9.59 Å². The van der Waals surface area contributed by atoms with Crippen molar-refractivity contribution in [2.45, 2.75) is 13.1 Å². The summed E-state index contributed by atoms with van der Waals surface area (Å²) in [5, 5.41) is 6.73. The zero-order chi connectivity index (χ0) is 24.6. The molecule has 0 fully saturated rings. The van der Waals surface area contributed by atoms with Gasteiger partial charge in [0.05, 0.1) is 21.3 Å². The fraction of sp³-hybridized carbons (Fsp3) is 0.0909. The fourth-order valence-corrected chi connectivity index (χ4v) is 4.04. The van der Waals surface area contributed by atoms with Crippen molar-refractivity contribution < 1.29 is 27.2 Å². The molecule has 0 aliphatic rings. The van der Waals surface area contributed by atoms with Gasteiger partial charge in [-0.25, -0.2) is 14.4 Å². The molecular formula is C22H15F4N5O2S. The number of fused-ring (bicyclic) bond motifs is 1. The molecule has 12 heteroatoms. The van der Waals surface area contributed by atoms with Crippen molar-refractivity contribution in [3.8, 4) is 0 Å². The van der Waals surface area contributed by atoms with Gasteiger partial charge >= 0.3 is 6.18 Å². The summed E-state index contributed by atoms with van der Waals surface area (Å²) in [5.41, 5.74) is 5.89. The van der Waals surface area contributed by atoms with E-state index < -0.39 is 34.9 Å². The number of hydrogen-bond acceptors (Lipinski definition) is 6. The minimum atomic E-state index is -4.81. The monoisotopic (exact) mass is 489 g/mol. The zero-order valence-corrected chi connectivity index (χ0v) is 18.1. The molecule has 2 aromatic heterocycles. The number of carbonyl (C=O) groups is 2. The first-order valence-electron chi connectivity index (χ1n) is 9.62. The highest BCUT2D eigenvalue weighted by Gasteiger charge is 2.32. The number of carbonyl (C=O) groups excluding carboxylic acids is 2. The maximum Gasteiger partial charge on any atom is 0.416 e. The average molecular weight is 489 g/mol. The van der Waals surface area contributed by atoms with Gasteiger partial charge in [0.15, 0.2) is 0 Å². The van der Waals surface area contributed by atoms with Crippen molar-refractivity contribution in [3.63, 3.8) is 0 Å². The van der Waals surface area contributed by atoms with Crippen molar-refractivity contribution in [2.24, 2.45) is 0 Å². The number of rotatable bonds is 4. The number of thiophene rings is 1. The first-order chi connectivity index (χ1) is 16.0. The molecule has 2 aromatic carbocycles. The van der Waals surface area contributed by atoms with Gasteiger partial charge in [-0.05, 0) is 42.8 Å². The van der Waals surface area contributed by atoms with Crippen molar-refractivity contribution in [2.75, 3.05) is 16.4 Å². The largest absolute Gasteiger partial charge is 0.416 e. The third kappa shape index (κ3) is 4.66. The van der Waals surface area contributed by atoms with Crippen LogP contribution in [0.3, 0.4) is 0 Å². The lowest BCUT2D eigenvalue weighted by atomic mass is 10.1. The SMILES string of the molecule is Cc1ccc(NC(=O)c2cc(F)cc(C(F)(F)F)c2)cc1NC(=O)c1csc2c(N)ncnc12. The molecule has 4 aromatic rings. The van der Waals surface area contributed by atoms with Crippen LogP contribution < -0.4 is 16.4 Å². The van der Waals surface area contributed by atoms with Crippen LogP contribution in [0.5, 0.6) is 0 Å². The van der Waals surface area contributed by atoms with Gasteiger partial charge in [0.25, 0.3) is 11.8 Å². The molecule has 0 atom stereocenters. The van der Waals surface area contributed by atoms with Gasteiger partial charge in [-0.2, -0.15) is 13.2 Å². The Labute approximate surface area is 193 Å². The Morgan fingerprint density at radius 1 is 1.03 bits per heavy atom. The maximum absolute atomic E-state index is 13.6. The van der Waals surface area contributed by atoms with E-state index in [1.165, 1.54) is 29.8 Å². The smallest absolute Gasteiger partial charge is 0.382 e. The quantitative estimate of drug-likeness (QED) is 0.340. The predicted molar refractivity (Wildman–Crippen MR) is 120 cm³/mol. The molecule has 0 aliphatic carbocycles. The number of anilines is 3. The Morgan fingerprint density at radius 2 is 1.79 bits per heavy atom. The van der Waals surface area contributed by atoms with E-state index in [0.717, 1.165) is 0 Å². The lowest BCUT2D eigenvalue weighted by molar-refractivity contribution is -0.137. The van der Waals surface area contributed by atoms with Gasteiger partial charge in [0.2, 0.25) is 0 Å². The van der Waals surface area contributed by atoms with Crippen LogP contribution in [0.15, 0.2) is 48.1 Å². The number of halogens is 4. The lowest BCUT2D eigenvalue weighted by Crippen LogP contribution is -2.16. The predicted octanol–water partition coefficient (Wildman–Crippen LogP) is 5.24. The molecule has 7 nitrogen and oxygen atoms in total. The number of amides is 2. The molecule has 34 heavy (non-hydrogen) atoms. The number of aromatic nitrogens is 2. The summed E-state index contributed by atoms with van der Waals surface area (Å²) in [7, 11) is 0. The van der Waals surface area contributed by atoms with E-state index in [-0.39, 0.29) is 17.1 Å². The molecule has 0 saturated carbocycles. The molecular weight excluding hydrogens is 474 g/mol. The highest BCUT2D eigenvalue weighted by Crippen LogP contribution is 2.31. The second-order valence-corrected chi connectivity index (χ2v) is 8.13. The number of aryl methyl sites for hydroxylation is 1. The molecule has 0 saturated heterocycles. The fourth-order valence-electron chi connectivity index (χ4n) is 3.14. The molecule has 0 aliphatic heterocycles. The standard InChI is InChI=1S/C22H15F4N5O2S/c1-10-2-3-14(30-20(32)11-4-12(22(24,25)26)6-13(23)5-11)7-16(10)31-21(33)15-8-34-18-17(15)28-9-29-19(18)27/h2-9H,1H3,(H,30,32)(H,31,33)(H2,27,28,29). The Morgan fingerprint density at radius 3 is 2.53 bits per heavy atom. The molecule has 0 radical (unpaired) electrons. The highest BCUT2D eigenvalue weighted by atomic mass is 32.1. The number of nitrogens with two attached hydrogens (primary N) is 1. The number of nitrogens with zero attached hydrogens (tertiary/aromatic N) is 2. The summed E-state index contributed by atoms with van der Waals surface area (Å²) in [5.74, 6) is -2.36. The van der Waals surface area contributed by atoms with Crippen molar-refractivity contribution >= 4 is 50.6 Å². The molecule has 174 valence electrons. The van der Waals surface area contributed by atoms with Crippen molar-refractivity contribution in [1.29, 1.82) is 0 Å². The third-order valence-electron chi connectivity index (χ3n) is 4.86. The van der Waals surface area contributed by atoms with E-state index in [4.69, 9.17) is 5.73 Å². The van der Waals surface area contributed by atoms with Gasteiger partial charge in [-0.15, -0.1) is 11.3 Å². The number of hydrogen-bond donors (Lipinski definition) is 3. The molecule has 0 unspecified atom stereocenters. The van der Waals surface area contributed by atoms with E-state index in [2.05, 4.69) is 20.6 Å². The van der Waals surface area contributed by atoms with Crippen molar-refractivity contribution in [3.05, 3.63) is 76.2 Å². The van der Waals surface area contributed by atoms with E-state index >= 15 is 0 Å². The van der Waals surface area contributed by atoms with Crippen LogP contribution in [-0.2, 0) is 6.18 Å². The van der Waals surface area contributed by atoms with Gasteiger partial charge in [-0.1, -0.05) is 6.07 Å². The van der Waals surface area contributed by atoms with Crippen LogP contribution in [0.25, 0.3) is 10.2 Å². The number of alkyl halides is 3. The second-order valence-electron chi connectivity index (χ2n) is 7.25. The van der Waals surface area contributed by atoms with Gasteiger partial charge in [0.1, 0.15) is 18.0 Å². The van der Waals surface area contributed by atoms with Crippen LogP contribution in [0.2, 0.25) is 0 Å². The molecule has 0 spiro atoms. The minimum Gasteiger partial charge on any atom is -0.382 e. The van der Waals surface area contributed by atoms with Gasteiger partial charge in [0, 0.05) is 22.3 Å². The Hall–Kier alpha value is -4.06. The summed E-state index contributed by atoms with van der Waals surface area (Å²) >= 11 is 1.22. The van der Waals surface area contributed by atoms with Crippen LogP contribution >= 0.6 is 11.3 Å². The van der Waals surface area contributed by atoms with E-state index in [1.807, 2.05) is 0 Å². The van der Waals surface area contributed by atoms with Crippen molar-refractivity contribution in [1.82, 2.24) is 9.97 Å². The Bertz CT molecular complexity index is 1430. The Kier molecular flexibility index (Phi) is 5.92. The summed E-state index contributed by atoms with van der Waals surface area (Å²) in [6.45, 7) is 1.72.